The fraction of sp³-hybridized carbons (Fsp3) is 0.100. The third-order valence-electron chi connectivity index (χ3n) is 4.05. The quantitative estimate of drug-likeness (QED) is 0.469. The molecule has 26 heavy (non-hydrogen) atoms. The highest BCUT2D eigenvalue weighted by Crippen LogP contribution is 2.27. The summed E-state index contributed by atoms with van der Waals surface area (Å²) >= 11 is 1.74. The van der Waals surface area contributed by atoms with Crippen molar-refractivity contribution in [3.63, 3.8) is 0 Å². The SMILES string of the molecule is Cc1ccc(Nc2ccc(N)c(NCc3cc4cnccc4s3)n2)cc1. The number of nitrogens with zero attached hydrogens (tertiary/aromatic N) is 2. The average Bonchev–Trinajstić information content (AvgIpc) is 3.07. The van der Waals surface area contributed by atoms with Gasteiger partial charge < -0.3 is 16.4 Å². The van der Waals surface area contributed by atoms with Crippen LogP contribution in [0.15, 0.2) is 60.9 Å². The zero-order valence-electron chi connectivity index (χ0n) is 14.4. The summed E-state index contributed by atoms with van der Waals surface area (Å²) in [6.45, 7) is 2.74. The van der Waals surface area contributed by atoms with E-state index in [1.54, 1.807) is 11.3 Å². The molecule has 0 aliphatic heterocycles. The average molecular weight is 361 g/mol. The molecule has 0 spiro atoms. The normalized spacial score (nSPS) is 10.8. The van der Waals surface area contributed by atoms with Crippen LogP contribution in [-0.2, 0) is 6.54 Å². The predicted octanol–water partition coefficient (Wildman–Crippen LogP) is 4.94. The molecule has 0 aliphatic carbocycles. The molecule has 0 saturated carbocycles. The molecule has 4 aromatic rings. The maximum atomic E-state index is 6.08. The van der Waals surface area contributed by atoms with Crippen molar-refractivity contribution in [2.45, 2.75) is 13.5 Å². The zero-order valence-corrected chi connectivity index (χ0v) is 15.2. The molecule has 0 atom stereocenters. The second-order valence-corrected chi connectivity index (χ2v) is 7.27. The molecule has 0 aliphatic rings. The molecule has 0 amide bonds. The van der Waals surface area contributed by atoms with Gasteiger partial charge in [-0.15, -0.1) is 11.3 Å². The summed E-state index contributed by atoms with van der Waals surface area (Å²) in [5.41, 5.74) is 8.93. The summed E-state index contributed by atoms with van der Waals surface area (Å²) in [6, 6.07) is 16.1. The van der Waals surface area contributed by atoms with Crippen molar-refractivity contribution in [2.75, 3.05) is 16.4 Å². The number of nitrogens with two attached hydrogens (primary N) is 1. The molecule has 3 aromatic heterocycles. The van der Waals surface area contributed by atoms with Crippen LogP contribution >= 0.6 is 11.3 Å². The van der Waals surface area contributed by atoms with Gasteiger partial charge in [-0.1, -0.05) is 17.7 Å². The number of benzene rings is 1. The summed E-state index contributed by atoms with van der Waals surface area (Å²) in [5, 5.41) is 7.80. The van der Waals surface area contributed by atoms with Gasteiger partial charge in [0.2, 0.25) is 0 Å². The van der Waals surface area contributed by atoms with Gasteiger partial charge in [-0.2, -0.15) is 0 Å². The first-order chi connectivity index (χ1) is 12.7. The molecule has 130 valence electrons. The van der Waals surface area contributed by atoms with E-state index in [0.29, 0.717) is 18.1 Å². The van der Waals surface area contributed by atoms with Gasteiger partial charge in [0.15, 0.2) is 5.82 Å². The molecule has 6 heteroatoms. The highest BCUT2D eigenvalue weighted by molar-refractivity contribution is 7.19. The van der Waals surface area contributed by atoms with Crippen LogP contribution in [0.3, 0.4) is 0 Å². The van der Waals surface area contributed by atoms with Crippen LogP contribution in [0.5, 0.6) is 0 Å². The van der Waals surface area contributed by atoms with Gasteiger partial charge in [-0.05, 0) is 43.3 Å². The Morgan fingerprint density at radius 3 is 2.73 bits per heavy atom. The lowest BCUT2D eigenvalue weighted by Gasteiger charge is -2.11. The Labute approximate surface area is 155 Å². The Balaban J connectivity index is 1.49. The van der Waals surface area contributed by atoms with Gasteiger partial charge >= 0.3 is 0 Å². The number of nitrogen functional groups attached to an aromatic ring is 1. The summed E-state index contributed by atoms with van der Waals surface area (Å²) < 4.78 is 1.23. The van der Waals surface area contributed by atoms with Crippen molar-refractivity contribution in [3.05, 3.63) is 71.4 Å². The van der Waals surface area contributed by atoms with Crippen molar-refractivity contribution >= 4 is 44.4 Å². The summed E-state index contributed by atoms with van der Waals surface area (Å²) in [6.07, 6.45) is 3.70. The van der Waals surface area contributed by atoms with Crippen LogP contribution in [-0.4, -0.2) is 9.97 Å². The molecule has 0 radical (unpaired) electrons. The molecule has 0 fully saturated rings. The standard InChI is InChI=1S/C20H19N5S/c1-13-2-4-15(5-3-13)24-19-7-6-17(21)20(25-19)23-12-16-10-14-11-22-9-8-18(14)26-16/h2-11H,12,21H2,1H3,(H2,23,24,25). The first-order valence-electron chi connectivity index (χ1n) is 8.34. The van der Waals surface area contributed by atoms with Crippen LogP contribution in [0.4, 0.5) is 23.0 Å². The highest BCUT2D eigenvalue weighted by Gasteiger charge is 2.06. The number of aryl methyl sites for hydroxylation is 1. The zero-order chi connectivity index (χ0) is 17.9. The summed E-state index contributed by atoms with van der Waals surface area (Å²) in [4.78, 5) is 9.98. The maximum absolute atomic E-state index is 6.08. The molecule has 3 heterocycles. The van der Waals surface area contributed by atoms with Crippen molar-refractivity contribution in [3.8, 4) is 0 Å². The van der Waals surface area contributed by atoms with Crippen molar-refractivity contribution < 1.29 is 0 Å². The molecular weight excluding hydrogens is 342 g/mol. The molecular formula is C20H19N5S. The van der Waals surface area contributed by atoms with Crippen molar-refractivity contribution in [1.82, 2.24) is 9.97 Å². The van der Waals surface area contributed by atoms with Crippen LogP contribution in [0.2, 0.25) is 0 Å². The number of pyridine rings is 2. The van der Waals surface area contributed by atoms with Crippen molar-refractivity contribution in [1.29, 1.82) is 0 Å². The van der Waals surface area contributed by atoms with Gasteiger partial charge in [0.05, 0.1) is 12.2 Å². The molecule has 0 saturated heterocycles. The van der Waals surface area contributed by atoms with Gasteiger partial charge in [-0.25, -0.2) is 4.98 Å². The Bertz CT molecular complexity index is 1010. The molecule has 1 aromatic carbocycles. The van der Waals surface area contributed by atoms with Crippen LogP contribution in [0.1, 0.15) is 10.4 Å². The topological polar surface area (TPSA) is 75.9 Å². The van der Waals surface area contributed by atoms with E-state index >= 15 is 0 Å². The van der Waals surface area contributed by atoms with E-state index in [1.807, 2.05) is 42.7 Å². The van der Waals surface area contributed by atoms with E-state index in [0.717, 1.165) is 16.9 Å². The number of hydrogen-bond donors (Lipinski definition) is 3. The number of fused-ring (bicyclic) bond motifs is 1. The molecule has 0 unspecified atom stereocenters. The third kappa shape index (κ3) is 3.60. The van der Waals surface area contributed by atoms with E-state index in [4.69, 9.17) is 5.73 Å². The smallest absolute Gasteiger partial charge is 0.151 e. The number of thiophene rings is 1. The van der Waals surface area contributed by atoms with Gasteiger partial charge in [0.1, 0.15) is 5.82 Å². The van der Waals surface area contributed by atoms with E-state index in [9.17, 15) is 0 Å². The largest absolute Gasteiger partial charge is 0.396 e. The Kier molecular flexibility index (Phi) is 4.41. The third-order valence-corrected chi connectivity index (χ3v) is 5.16. The predicted molar refractivity (Wildman–Crippen MR) is 110 cm³/mol. The van der Waals surface area contributed by atoms with E-state index in [1.165, 1.54) is 15.1 Å². The minimum absolute atomic E-state index is 0.627. The lowest BCUT2D eigenvalue weighted by molar-refractivity contribution is 1.14. The van der Waals surface area contributed by atoms with E-state index in [2.05, 4.69) is 45.7 Å². The monoisotopic (exact) mass is 361 g/mol. The second kappa shape index (κ2) is 7.01. The number of aromatic nitrogens is 2. The molecule has 4 rings (SSSR count). The lowest BCUT2D eigenvalue weighted by Crippen LogP contribution is -2.05. The number of nitrogens with one attached hydrogen (secondary N) is 2. The minimum Gasteiger partial charge on any atom is -0.396 e. The van der Waals surface area contributed by atoms with Crippen LogP contribution in [0, 0.1) is 6.92 Å². The second-order valence-electron chi connectivity index (χ2n) is 6.11. The fourth-order valence-corrected chi connectivity index (χ4v) is 3.63. The number of anilines is 4. The van der Waals surface area contributed by atoms with Crippen LogP contribution < -0.4 is 16.4 Å². The van der Waals surface area contributed by atoms with Crippen LogP contribution in [0.25, 0.3) is 10.1 Å². The van der Waals surface area contributed by atoms with E-state index < -0.39 is 0 Å². The van der Waals surface area contributed by atoms with Crippen molar-refractivity contribution in [2.24, 2.45) is 0 Å². The Morgan fingerprint density at radius 2 is 1.92 bits per heavy atom. The number of hydrogen-bond acceptors (Lipinski definition) is 6. The summed E-state index contributed by atoms with van der Waals surface area (Å²) in [7, 11) is 0. The Morgan fingerprint density at radius 1 is 1.08 bits per heavy atom. The highest BCUT2D eigenvalue weighted by atomic mass is 32.1. The van der Waals surface area contributed by atoms with Gasteiger partial charge in [0, 0.05) is 33.0 Å². The first kappa shape index (κ1) is 16.4. The summed E-state index contributed by atoms with van der Waals surface area (Å²) in [5.74, 6) is 1.43. The minimum atomic E-state index is 0.627. The molecule has 4 N–H and O–H groups in total. The van der Waals surface area contributed by atoms with E-state index in [-0.39, 0.29) is 0 Å². The fourth-order valence-electron chi connectivity index (χ4n) is 2.66. The lowest BCUT2D eigenvalue weighted by atomic mass is 10.2. The maximum Gasteiger partial charge on any atom is 0.151 e. The van der Waals surface area contributed by atoms with Gasteiger partial charge in [-0.3, -0.25) is 4.98 Å². The molecule has 5 nitrogen and oxygen atoms in total. The Hall–Kier alpha value is -3.12. The van der Waals surface area contributed by atoms with Gasteiger partial charge in [0.25, 0.3) is 0 Å². The number of rotatable bonds is 5. The first-order valence-corrected chi connectivity index (χ1v) is 9.15. The molecule has 0 bridgehead atoms.